The van der Waals surface area contributed by atoms with Crippen molar-refractivity contribution in [2.45, 2.75) is 26.2 Å². The lowest BCUT2D eigenvalue weighted by atomic mass is 10.1. The molecule has 0 unspecified atom stereocenters. The number of hydrogen-bond donors (Lipinski definition) is 3. The molecule has 2 amide bonds. The van der Waals surface area contributed by atoms with E-state index in [9.17, 15) is 9.59 Å². The molecule has 0 fully saturated rings. The van der Waals surface area contributed by atoms with Gasteiger partial charge in [0, 0.05) is 6.42 Å². The van der Waals surface area contributed by atoms with Crippen molar-refractivity contribution in [3.8, 4) is 5.75 Å². The minimum absolute atomic E-state index is 0.0124. The van der Waals surface area contributed by atoms with Crippen LogP contribution in [0.3, 0.4) is 0 Å². The maximum absolute atomic E-state index is 12.4. The zero-order valence-electron chi connectivity index (χ0n) is 15.2. The van der Waals surface area contributed by atoms with Crippen molar-refractivity contribution in [3.63, 3.8) is 0 Å². The van der Waals surface area contributed by atoms with Crippen LogP contribution in [0.2, 0.25) is 0 Å². The van der Waals surface area contributed by atoms with Gasteiger partial charge in [0.1, 0.15) is 5.75 Å². The summed E-state index contributed by atoms with van der Waals surface area (Å²) >= 11 is 5.06. The monoisotopic (exact) mass is 385 g/mol. The highest BCUT2D eigenvalue weighted by Crippen LogP contribution is 2.17. The van der Waals surface area contributed by atoms with Gasteiger partial charge in [-0.15, -0.1) is 0 Å². The molecule has 2 aromatic rings. The number of benzene rings is 2. The van der Waals surface area contributed by atoms with Crippen LogP contribution in [0.5, 0.6) is 5.75 Å². The molecular weight excluding hydrogens is 362 g/mol. The van der Waals surface area contributed by atoms with Crippen molar-refractivity contribution < 1.29 is 14.3 Å². The fourth-order valence-corrected chi connectivity index (χ4v) is 2.43. The Hall–Kier alpha value is -2.93. The minimum atomic E-state index is -0.405. The molecule has 7 heteroatoms. The molecule has 0 radical (unpaired) electrons. The Morgan fingerprint density at radius 3 is 2.44 bits per heavy atom. The second kappa shape index (κ2) is 10.9. The molecule has 3 N–H and O–H groups in total. The summed E-state index contributed by atoms with van der Waals surface area (Å²) in [6, 6.07) is 16.6. The van der Waals surface area contributed by atoms with Gasteiger partial charge in [-0.2, -0.15) is 0 Å². The van der Waals surface area contributed by atoms with Gasteiger partial charge in [0.25, 0.3) is 5.91 Å². The second-order valence-electron chi connectivity index (χ2n) is 5.79. The van der Waals surface area contributed by atoms with Crippen molar-refractivity contribution in [1.82, 2.24) is 16.2 Å². The SMILES string of the molecule is CCCOc1ccccc1C(=O)NC(=S)NNC(=O)CCc1ccccc1. The summed E-state index contributed by atoms with van der Waals surface area (Å²) in [5, 5.41) is 2.54. The molecule has 0 heterocycles. The highest BCUT2D eigenvalue weighted by molar-refractivity contribution is 7.80. The van der Waals surface area contributed by atoms with E-state index in [1.165, 1.54) is 0 Å². The average molecular weight is 385 g/mol. The highest BCUT2D eigenvalue weighted by Gasteiger charge is 2.13. The molecule has 2 aromatic carbocycles. The molecule has 0 spiro atoms. The van der Waals surface area contributed by atoms with Crippen LogP contribution in [0.4, 0.5) is 0 Å². The number of hydrogen-bond acceptors (Lipinski definition) is 4. The van der Waals surface area contributed by atoms with Gasteiger partial charge in [0.15, 0.2) is 5.11 Å². The van der Waals surface area contributed by atoms with E-state index >= 15 is 0 Å². The van der Waals surface area contributed by atoms with E-state index in [0.29, 0.717) is 30.8 Å². The Balaban J connectivity index is 1.78. The van der Waals surface area contributed by atoms with Crippen molar-refractivity contribution in [3.05, 3.63) is 65.7 Å². The number of ether oxygens (including phenoxy) is 1. The lowest BCUT2D eigenvalue weighted by molar-refractivity contribution is -0.121. The molecule has 0 saturated heterocycles. The maximum atomic E-state index is 12.4. The molecule has 142 valence electrons. The van der Waals surface area contributed by atoms with Gasteiger partial charge in [-0.25, -0.2) is 0 Å². The first-order valence-electron chi connectivity index (χ1n) is 8.76. The van der Waals surface area contributed by atoms with Gasteiger partial charge < -0.3 is 4.74 Å². The van der Waals surface area contributed by atoms with Crippen molar-refractivity contribution in [1.29, 1.82) is 0 Å². The normalized spacial score (nSPS) is 9.96. The van der Waals surface area contributed by atoms with E-state index in [1.54, 1.807) is 24.3 Å². The Kier molecular flexibility index (Phi) is 8.25. The molecular formula is C20H23N3O3S. The van der Waals surface area contributed by atoms with E-state index in [-0.39, 0.29) is 11.0 Å². The molecule has 0 aliphatic rings. The van der Waals surface area contributed by atoms with Crippen LogP contribution in [-0.4, -0.2) is 23.5 Å². The Labute approximate surface area is 164 Å². The van der Waals surface area contributed by atoms with Gasteiger partial charge >= 0.3 is 0 Å². The first kappa shape index (κ1) is 20.4. The lowest BCUT2D eigenvalue weighted by Crippen LogP contribution is -2.48. The fraction of sp³-hybridized carbons (Fsp3) is 0.250. The van der Waals surface area contributed by atoms with Crippen molar-refractivity contribution >= 4 is 29.1 Å². The molecule has 27 heavy (non-hydrogen) atoms. The van der Waals surface area contributed by atoms with E-state index in [1.807, 2.05) is 37.3 Å². The molecule has 0 bridgehead atoms. The molecule has 2 rings (SSSR count). The van der Waals surface area contributed by atoms with Crippen LogP contribution < -0.4 is 20.9 Å². The third-order valence-corrected chi connectivity index (χ3v) is 3.82. The van der Waals surface area contributed by atoms with E-state index in [0.717, 1.165) is 12.0 Å². The topological polar surface area (TPSA) is 79.5 Å². The zero-order chi connectivity index (χ0) is 19.5. The number of rotatable bonds is 7. The Morgan fingerprint density at radius 1 is 1.00 bits per heavy atom. The van der Waals surface area contributed by atoms with Crippen LogP contribution >= 0.6 is 12.2 Å². The third kappa shape index (κ3) is 7.07. The van der Waals surface area contributed by atoms with Gasteiger partial charge in [-0.05, 0) is 42.8 Å². The molecule has 6 nitrogen and oxygen atoms in total. The molecule has 0 aromatic heterocycles. The number of para-hydroxylation sites is 1. The summed E-state index contributed by atoms with van der Waals surface area (Å²) in [5.74, 6) is -0.133. The minimum Gasteiger partial charge on any atom is -0.493 e. The van der Waals surface area contributed by atoms with E-state index in [4.69, 9.17) is 17.0 Å². The number of amides is 2. The summed E-state index contributed by atoms with van der Waals surface area (Å²) in [6.07, 6.45) is 1.77. The van der Waals surface area contributed by atoms with Crippen molar-refractivity contribution in [2.75, 3.05) is 6.61 Å². The predicted octanol–water partition coefficient (Wildman–Crippen LogP) is 2.74. The summed E-state index contributed by atoms with van der Waals surface area (Å²) in [5.41, 5.74) is 6.48. The standard InChI is InChI=1S/C20H23N3O3S/c1-2-14-26-17-11-7-6-10-16(17)19(25)21-20(27)23-22-18(24)13-12-15-8-4-3-5-9-15/h3-11H,2,12-14H2,1H3,(H,22,24)(H2,21,23,25,27). The number of carbonyl (C=O) groups is 2. The van der Waals surface area contributed by atoms with Crippen LogP contribution in [-0.2, 0) is 11.2 Å². The van der Waals surface area contributed by atoms with Gasteiger partial charge in [0.2, 0.25) is 5.91 Å². The number of thiocarbonyl (C=S) groups is 1. The van der Waals surface area contributed by atoms with Gasteiger partial charge in [-0.1, -0.05) is 49.4 Å². The first-order valence-corrected chi connectivity index (χ1v) is 9.17. The molecule has 0 saturated carbocycles. The lowest BCUT2D eigenvalue weighted by Gasteiger charge is -2.13. The summed E-state index contributed by atoms with van der Waals surface area (Å²) < 4.78 is 5.57. The highest BCUT2D eigenvalue weighted by atomic mass is 32.1. The van der Waals surface area contributed by atoms with E-state index < -0.39 is 5.91 Å². The summed E-state index contributed by atoms with van der Waals surface area (Å²) in [7, 11) is 0. The quantitative estimate of drug-likeness (QED) is 0.505. The summed E-state index contributed by atoms with van der Waals surface area (Å²) in [6.45, 7) is 2.51. The van der Waals surface area contributed by atoms with Gasteiger partial charge in [-0.3, -0.25) is 25.8 Å². The fourth-order valence-electron chi connectivity index (χ4n) is 2.29. The largest absolute Gasteiger partial charge is 0.493 e. The smallest absolute Gasteiger partial charge is 0.261 e. The van der Waals surface area contributed by atoms with Gasteiger partial charge in [0.05, 0.1) is 12.2 Å². The molecule has 0 atom stereocenters. The van der Waals surface area contributed by atoms with Crippen LogP contribution in [0.15, 0.2) is 54.6 Å². The first-order chi connectivity index (χ1) is 13.1. The summed E-state index contributed by atoms with van der Waals surface area (Å²) in [4.78, 5) is 24.2. The second-order valence-corrected chi connectivity index (χ2v) is 6.19. The Morgan fingerprint density at radius 2 is 1.70 bits per heavy atom. The zero-order valence-corrected chi connectivity index (χ0v) is 16.0. The molecule has 0 aliphatic carbocycles. The Bertz CT molecular complexity index is 781. The predicted molar refractivity (Wildman–Crippen MR) is 108 cm³/mol. The third-order valence-electron chi connectivity index (χ3n) is 3.62. The average Bonchev–Trinajstić information content (AvgIpc) is 2.70. The number of carbonyl (C=O) groups excluding carboxylic acids is 2. The maximum Gasteiger partial charge on any atom is 0.261 e. The number of hydrazine groups is 1. The van der Waals surface area contributed by atoms with E-state index in [2.05, 4.69) is 16.2 Å². The molecule has 0 aliphatic heterocycles. The van der Waals surface area contributed by atoms with Crippen molar-refractivity contribution in [2.24, 2.45) is 0 Å². The van der Waals surface area contributed by atoms with Crippen LogP contribution in [0, 0.1) is 0 Å². The van der Waals surface area contributed by atoms with Crippen LogP contribution in [0.25, 0.3) is 0 Å². The van der Waals surface area contributed by atoms with Crippen LogP contribution in [0.1, 0.15) is 35.7 Å². The number of nitrogens with one attached hydrogen (secondary N) is 3. The number of aryl methyl sites for hydroxylation is 1.